The van der Waals surface area contributed by atoms with Crippen molar-refractivity contribution in [3.63, 3.8) is 0 Å². The van der Waals surface area contributed by atoms with E-state index >= 15 is 0 Å². The second-order valence-corrected chi connectivity index (χ2v) is 3.30. The van der Waals surface area contributed by atoms with E-state index in [1.807, 2.05) is 37.3 Å². The largest absolute Gasteiger partial charge is 0.331 e. The molecule has 0 spiro atoms. The second kappa shape index (κ2) is 7.09. The first-order valence-corrected chi connectivity index (χ1v) is 4.93. The number of benzene rings is 1. The summed E-state index contributed by atoms with van der Waals surface area (Å²) in [4.78, 5) is 10.4. The maximum absolute atomic E-state index is 10.7. The average molecular weight is 244 g/mol. The number of hydrogen-bond acceptors (Lipinski definition) is 3. The van der Waals surface area contributed by atoms with Crippen LogP contribution in [0.3, 0.4) is 0 Å². The third kappa shape index (κ3) is 3.72. The highest BCUT2D eigenvalue weighted by atomic mass is 35.5. The molecule has 1 aromatic carbocycles. The van der Waals surface area contributed by atoms with Crippen LogP contribution in [0.5, 0.6) is 0 Å². The zero-order chi connectivity index (χ0) is 11.3. The molecule has 1 N–H and O–H groups in total. The first kappa shape index (κ1) is 14.7. The van der Waals surface area contributed by atoms with Gasteiger partial charge in [-0.1, -0.05) is 42.8 Å². The molecule has 0 aliphatic rings. The SMILES string of the molecule is CCNC(c1ccccc1)[C-](C)[N+](=O)[O-].Cl. The minimum absolute atomic E-state index is 0. The molecule has 0 saturated heterocycles. The lowest BCUT2D eigenvalue weighted by atomic mass is 10.0. The second-order valence-electron chi connectivity index (χ2n) is 3.30. The number of nitro groups is 1. The van der Waals surface area contributed by atoms with Crippen LogP contribution < -0.4 is 5.32 Å². The highest BCUT2D eigenvalue weighted by Crippen LogP contribution is 2.23. The zero-order valence-electron chi connectivity index (χ0n) is 9.34. The summed E-state index contributed by atoms with van der Waals surface area (Å²) in [6.07, 6.45) is 0. The minimum atomic E-state index is -0.333. The molecule has 1 rings (SSSR count). The summed E-state index contributed by atoms with van der Waals surface area (Å²) in [5, 5.41) is 13.8. The number of hydrogen-bond donors (Lipinski definition) is 1. The summed E-state index contributed by atoms with van der Waals surface area (Å²) < 4.78 is 0. The topological polar surface area (TPSA) is 55.2 Å². The molecule has 0 aliphatic carbocycles. The Bertz CT molecular complexity index is 319. The summed E-state index contributed by atoms with van der Waals surface area (Å²) in [5.41, 5.74) is 0.925. The highest BCUT2D eigenvalue weighted by molar-refractivity contribution is 5.85. The predicted octanol–water partition coefficient (Wildman–Crippen LogP) is 2.59. The molecule has 1 unspecified atom stereocenters. The highest BCUT2D eigenvalue weighted by Gasteiger charge is 2.14. The Balaban J connectivity index is 0.00000225. The Morgan fingerprint density at radius 3 is 2.44 bits per heavy atom. The van der Waals surface area contributed by atoms with Crippen LogP contribution in [-0.2, 0) is 0 Å². The van der Waals surface area contributed by atoms with Gasteiger partial charge in [-0.15, -0.1) is 24.3 Å². The maximum atomic E-state index is 10.7. The van der Waals surface area contributed by atoms with Gasteiger partial charge in [-0.25, -0.2) is 0 Å². The van der Waals surface area contributed by atoms with Gasteiger partial charge in [0, 0.05) is 0 Å². The van der Waals surface area contributed by atoms with E-state index in [0.717, 1.165) is 5.56 Å². The summed E-state index contributed by atoms with van der Waals surface area (Å²) in [5.74, 6) is 0. The molecule has 90 valence electrons. The van der Waals surface area contributed by atoms with E-state index in [0.29, 0.717) is 6.54 Å². The number of rotatable bonds is 5. The van der Waals surface area contributed by atoms with Gasteiger partial charge in [-0.05, 0) is 18.6 Å². The van der Waals surface area contributed by atoms with Crippen molar-refractivity contribution in [2.45, 2.75) is 19.9 Å². The van der Waals surface area contributed by atoms with E-state index in [1.165, 1.54) is 0 Å². The fraction of sp³-hybridized carbons (Fsp3) is 0.364. The van der Waals surface area contributed by atoms with Crippen LogP contribution in [0.4, 0.5) is 0 Å². The van der Waals surface area contributed by atoms with Crippen molar-refractivity contribution in [2.24, 2.45) is 0 Å². The van der Waals surface area contributed by atoms with Crippen LogP contribution >= 0.6 is 12.4 Å². The predicted molar refractivity (Wildman–Crippen MR) is 66.0 cm³/mol. The summed E-state index contributed by atoms with van der Waals surface area (Å²) in [6, 6.07) is 9.36. The molecule has 0 fully saturated rings. The van der Waals surface area contributed by atoms with Crippen LogP contribution in [0.15, 0.2) is 30.3 Å². The molecule has 0 heterocycles. The molecule has 0 amide bonds. The molecule has 16 heavy (non-hydrogen) atoms. The zero-order valence-corrected chi connectivity index (χ0v) is 10.2. The Morgan fingerprint density at radius 1 is 1.44 bits per heavy atom. The van der Waals surface area contributed by atoms with E-state index in [1.54, 1.807) is 6.92 Å². The summed E-state index contributed by atoms with van der Waals surface area (Å²) >= 11 is 0. The third-order valence-electron chi connectivity index (χ3n) is 2.25. The molecule has 0 radical (unpaired) electrons. The van der Waals surface area contributed by atoms with Gasteiger partial charge in [0.2, 0.25) is 0 Å². The molecule has 4 nitrogen and oxygen atoms in total. The Hall–Kier alpha value is -1.26. The normalized spacial score (nSPS) is 11.4. The van der Waals surface area contributed by atoms with Gasteiger partial charge in [0.25, 0.3) is 0 Å². The van der Waals surface area contributed by atoms with Crippen molar-refractivity contribution >= 4 is 12.4 Å². The lowest BCUT2D eigenvalue weighted by Crippen LogP contribution is -2.29. The van der Waals surface area contributed by atoms with Crippen LogP contribution in [0.25, 0.3) is 0 Å². The molecule has 0 bridgehead atoms. The van der Waals surface area contributed by atoms with E-state index < -0.39 is 0 Å². The van der Waals surface area contributed by atoms with Crippen LogP contribution in [0.2, 0.25) is 0 Å². The Morgan fingerprint density at radius 2 is 2.00 bits per heavy atom. The lowest BCUT2D eigenvalue weighted by molar-refractivity contribution is -0.469. The molecule has 1 atom stereocenters. The smallest absolute Gasteiger partial charge is 0.00950 e. The van der Waals surface area contributed by atoms with Gasteiger partial charge >= 0.3 is 0 Å². The van der Waals surface area contributed by atoms with Gasteiger partial charge in [0.15, 0.2) is 0 Å². The molecule has 0 aliphatic heterocycles. The molecule has 0 aromatic heterocycles. The molecular weight excluding hydrogens is 228 g/mol. The third-order valence-corrected chi connectivity index (χ3v) is 2.25. The monoisotopic (exact) mass is 243 g/mol. The average Bonchev–Trinajstić information content (AvgIpc) is 2.26. The van der Waals surface area contributed by atoms with Gasteiger partial charge in [-0.3, -0.25) is 10.1 Å². The van der Waals surface area contributed by atoms with Crippen molar-refractivity contribution in [3.8, 4) is 0 Å². The van der Waals surface area contributed by atoms with Gasteiger partial charge in [0.1, 0.15) is 0 Å². The quantitative estimate of drug-likeness (QED) is 0.491. The molecule has 1 aromatic rings. The van der Waals surface area contributed by atoms with E-state index in [-0.39, 0.29) is 29.4 Å². The molecule has 0 saturated carbocycles. The number of nitrogens with one attached hydrogen (secondary N) is 1. The van der Waals surface area contributed by atoms with Crippen molar-refractivity contribution in [2.75, 3.05) is 6.54 Å². The molecule has 5 heteroatoms. The van der Waals surface area contributed by atoms with E-state index in [4.69, 9.17) is 0 Å². The van der Waals surface area contributed by atoms with Gasteiger partial charge in [0.05, 0.1) is 0 Å². The van der Waals surface area contributed by atoms with Crippen LogP contribution in [0, 0.1) is 16.2 Å². The Kier molecular flexibility index (Phi) is 6.53. The van der Waals surface area contributed by atoms with Crippen molar-refractivity contribution in [1.29, 1.82) is 0 Å². The fourth-order valence-electron chi connectivity index (χ4n) is 1.46. The number of nitrogens with zero attached hydrogens (tertiary/aromatic N) is 1. The van der Waals surface area contributed by atoms with Crippen molar-refractivity contribution < 1.29 is 4.92 Å². The van der Waals surface area contributed by atoms with E-state index in [9.17, 15) is 10.1 Å². The minimum Gasteiger partial charge on any atom is -0.331 e. The molecular formula is C11H16ClN2O2-. The fourth-order valence-corrected chi connectivity index (χ4v) is 1.46. The summed E-state index contributed by atoms with van der Waals surface area (Å²) in [7, 11) is 0. The summed E-state index contributed by atoms with van der Waals surface area (Å²) in [6.45, 7) is 4.17. The van der Waals surface area contributed by atoms with Crippen LogP contribution in [0.1, 0.15) is 25.5 Å². The first-order chi connectivity index (χ1) is 7.16. The Labute approximate surface area is 102 Å². The van der Waals surface area contributed by atoms with Crippen molar-refractivity contribution in [1.82, 2.24) is 5.32 Å². The maximum Gasteiger partial charge on any atom is -0.00950 e. The van der Waals surface area contributed by atoms with Crippen LogP contribution in [-0.4, -0.2) is 11.5 Å². The first-order valence-electron chi connectivity index (χ1n) is 4.93. The number of likely N-dealkylation sites (N-methyl/N-ethyl adjacent to an activating group) is 1. The lowest BCUT2D eigenvalue weighted by Gasteiger charge is -2.29. The van der Waals surface area contributed by atoms with Gasteiger partial charge in [-0.2, -0.15) is 0 Å². The van der Waals surface area contributed by atoms with E-state index in [2.05, 4.69) is 5.32 Å². The van der Waals surface area contributed by atoms with Gasteiger partial charge < -0.3 is 5.32 Å². The standard InChI is InChI=1S/C11H15N2O2.ClH/c1-3-12-11(9(2)13(14)15)10-7-5-4-6-8-10;/h4-8,11-12H,3H2,1-2H3;1H/q-1;. The number of halogens is 1. The van der Waals surface area contributed by atoms with Crippen molar-refractivity contribution in [3.05, 3.63) is 52.1 Å².